The van der Waals surface area contributed by atoms with E-state index in [1.807, 2.05) is 0 Å². The van der Waals surface area contributed by atoms with E-state index in [1.165, 1.54) is 32.1 Å². The van der Waals surface area contributed by atoms with Crippen molar-refractivity contribution in [2.75, 3.05) is 5.75 Å². The Morgan fingerprint density at radius 2 is 1.75 bits per heavy atom. The van der Waals surface area contributed by atoms with Gasteiger partial charge in [-0.2, -0.15) is 0 Å². The smallest absolute Gasteiger partial charge is 0.0972 e. The van der Waals surface area contributed by atoms with E-state index in [0.717, 1.165) is 6.42 Å². The van der Waals surface area contributed by atoms with Crippen LogP contribution in [0.1, 0.15) is 45.4 Å². The lowest BCUT2D eigenvalue weighted by Crippen LogP contribution is -1.92. The van der Waals surface area contributed by atoms with Crippen LogP contribution >= 0.6 is 0 Å². The Bertz CT molecular complexity index is 158. The van der Waals surface area contributed by atoms with Gasteiger partial charge in [0, 0.05) is 5.75 Å². The predicted octanol–water partition coefficient (Wildman–Crippen LogP) is 2.69. The van der Waals surface area contributed by atoms with Crippen molar-refractivity contribution in [3.8, 4) is 11.7 Å². The molecular weight excluding hydrogens is 168 g/mol. The summed E-state index contributed by atoms with van der Waals surface area (Å²) in [5.74, 6) is 0.683. The molecule has 0 aromatic heterocycles. The second-order valence-electron chi connectivity index (χ2n) is 2.94. The molecule has 0 heterocycles. The fourth-order valence-corrected chi connectivity index (χ4v) is 1.66. The van der Waals surface area contributed by atoms with Gasteiger partial charge in [-0.25, -0.2) is 4.21 Å². The van der Waals surface area contributed by atoms with E-state index < -0.39 is 10.8 Å². The number of terminal acetylenes is 1. The zero-order valence-corrected chi connectivity index (χ0v) is 8.66. The van der Waals surface area contributed by atoms with Crippen molar-refractivity contribution < 1.29 is 4.21 Å². The van der Waals surface area contributed by atoms with Gasteiger partial charge in [-0.15, -0.1) is 6.42 Å². The van der Waals surface area contributed by atoms with Crippen LogP contribution < -0.4 is 0 Å². The summed E-state index contributed by atoms with van der Waals surface area (Å²) in [6, 6.07) is 0. The van der Waals surface area contributed by atoms with Crippen LogP contribution in [0.5, 0.6) is 0 Å². The van der Waals surface area contributed by atoms with Gasteiger partial charge in [-0.1, -0.05) is 39.0 Å². The summed E-state index contributed by atoms with van der Waals surface area (Å²) in [4.78, 5) is 0. The molecule has 0 N–H and O–H groups in total. The summed E-state index contributed by atoms with van der Waals surface area (Å²) in [6.45, 7) is 2.20. The van der Waals surface area contributed by atoms with E-state index in [9.17, 15) is 4.21 Å². The highest BCUT2D eigenvalue weighted by atomic mass is 32.2. The summed E-state index contributed by atoms with van der Waals surface area (Å²) in [5.41, 5.74) is 0. The van der Waals surface area contributed by atoms with Crippen LogP contribution in [0.25, 0.3) is 0 Å². The third-order valence-corrected chi connectivity index (χ3v) is 2.74. The molecule has 0 saturated carbocycles. The summed E-state index contributed by atoms with van der Waals surface area (Å²) in [6.07, 6.45) is 12.3. The highest BCUT2D eigenvalue weighted by Gasteiger charge is 1.94. The minimum absolute atomic E-state index is 0.683. The van der Waals surface area contributed by atoms with E-state index in [1.54, 1.807) is 0 Å². The number of unbranched alkanes of at least 4 members (excludes halogenated alkanes) is 5. The lowest BCUT2D eigenvalue weighted by atomic mass is 10.1. The van der Waals surface area contributed by atoms with Crippen molar-refractivity contribution in [3.05, 3.63) is 0 Å². The van der Waals surface area contributed by atoms with Crippen LogP contribution in [0.15, 0.2) is 0 Å². The first-order valence-corrected chi connectivity index (χ1v) is 5.97. The molecule has 0 amide bonds. The van der Waals surface area contributed by atoms with Crippen molar-refractivity contribution in [3.63, 3.8) is 0 Å². The Labute approximate surface area is 78.4 Å². The molecule has 1 nitrogen and oxygen atoms in total. The molecule has 12 heavy (non-hydrogen) atoms. The van der Waals surface area contributed by atoms with Crippen LogP contribution in [0.3, 0.4) is 0 Å². The SMILES string of the molecule is C#CS(=O)CCCCCCCC. The standard InChI is InChI=1S/C10H18OS/c1-3-5-6-7-8-9-10-12(11)4-2/h2H,3,5-10H2,1H3. The quantitative estimate of drug-likeness (QED) is 0.441. The predicted molar refractivity (Wildman–Crippen MR) is 55.2 cm³/mol. The van der Waals surface area contributed by atoms with Crippen molar-refractivity contribution in [1.29, 1.82) is 0 Å². The van der Waals surface area contributed by atoms with E-state index in [0.29, 0.717) is 5.75 Å². The van der Waals surface area contributed by atoms with E-state index in [-0.39, 0.29) is 0 Å². The maximum absolute atomic E-state index is 10.8. The molecule has 0 aliphatic carbocycles. The Morgan fingerprint density at radius 1 is 1.17 bits per heavy atom. The summed E-state index contributed by atoms with van der Waals surface area (Å²) >= 11 is 0. The molecule has 0 spiro atoms. The Balaban J connectivity index is 3.02. The number of hydrogen-bond acceptors (Lipinski definition) is 1. The zero-order chi connectivity index (χ0) is 9.23. The van der Waals surface area contributed by atoms with E-state index in [2.05, 4.69) is 12.2 Å². The van der Waals surface area contributed by atoms with Gasteiger partial charge in [-0.3, -0.25) is 0 Å². The molecule has 70 valence electrons. The van der Waals surface area contributed by atoms with Gasteiger partial charge < -0.3 is 0 Å². The van der Waals surface area contributed by atoms with Gasteiger partial charge in [0.15, 0.2) is 0 Å². The fraction of sp³-hybridized carbons (Fsp3) is 0.800. The molecule has 0 saturated heterocycles. The molecule has 0 aromatic rings. The maximum atomic E-state index is 10.8. The van der Waals surface area contributed by atoms with Gasteiger partial charge >= 0.3 is 0 Å². The Morgan fingerprint density at radius 3 is 2.33 bits per heavy atom. The largest absolute Gasteiger partial charge is 0.246 e. The third-order valence-electron chi connectivity index (χ3n) is 1.81. The Kier molecular flexibility index (Phi) is 8.59. The van der Waals surface area contributed by atoms with Crippen molar-refractivity contribution in [1.82, 2.24) is 0 Å². The van der Waals surface area contributed by atoms with Crippen LogP contribution in [0, 0.1) is 11.7 Å². The first kappa shape index (κ1) is 11.7. The monoisotopic (exact) mass is 186 g/mol. The second-order valence-corrected chi connectivity index (χ2v) is 4.27. The first-order chi connectivity index (χ1) is 5.81. The normalized spacial score (nSPS) is 12.3. The molecule has 0 aliphatic heterocycles. The Hall–Kier alpha value is -0.290. The fourth-order valence-electron chi connectivity index (χ4n) is 1.07. The van der Waals surface area contributed by atoms with E-state index >= 15 is 0 Å². The molecule has 0 aromatic carbocycles. The average Bonchev–Trinajstić information content (AvgIpc) is 2.10. The lowest BCUT2D eigenvalue weighted by Gasteiger charge is -1.97. The zero-order valence-electron chi connectivity index (χ0n) is 7.84. The minimum atomic E-state index is -1.01. The first-order valence-electron chi connectivity index (χ1n) is 4.66. The van der Waals surface area contributed by atoms with Crippen molar-refractivity contribution >= 4 is 10.8 Å². The molecule has 0 aliphatic rings. The van der Waals surface area contributed by atoms with Gasteiger partial charge in [0.2, 0.25) is 0 Å². The van der Waals surface area contributed by atoms with Crippen LogP contribution in [0.2, 0.25) is 0 Å². The third kappa shape index (κ3) is 7.81. The molecule has 0 rings (SSSR count). The van der Waals surface area contributed by atoms with Gasteiger partial charge in [0.1, 0.15) is 0 Å². The highest BCUT2D eigenvalue weighted by molar-refractivity contribution is 7.89. The molecule has 1 unspecified atom stereocenters. The topological polar surface area (TPSA) is 17.1 Å². The minimum Gasteiger partial charge on any atom is -0.246 e. The molecule has 1 atom stereocenters. The van der Waals surface area contributed by atoms with Gasteiger partial charge in [-0.05, 0) is 11.7 Å². The molecule has 0 bridgehead atoms. The second kappa shape index (κ2) is 8.80. The maximum Gasteiger partial charge on any atom is 0.0972 e. The lowest BCUT2D eigenvalue weighted by molar-refractivity contribution is 0.623. The molecule has 0 radical (unpaired) electrons. The summed E-state index contributed by atoms with van der Waals surface area (Å²) < 4.78 is 10.8. The average molecular weight is 186 g/mol. The van der Waals surface area contributed by atoms with Gasteiger partial charge in [0.25, 0.3) is 0 Å². The van der Waals surface area contributed by atoms with Gasteiger partial charge in [0.05, 0.1) is 10.8 Å². The molecule has 2 heteroatoms. The number of hydrogen-bond donors (Lipinski definition) is 0. The van der Waals surface area contributed by atoms with Crippen LogP contribution in [-0.2, 0) is 10.8 Å². The summed E-state index contributed by atoms with van der Waals surface area (Å²) in [5, 5.41) is 2.24. The van der Waals surface area contributed by atoms with Crippen LogP contribution in [-0.4, -0.2) is 9.96 Å². The van der Waals surface area contributed by atoms with Crippen LogP contribution in [0.4, 0.5) is 0 Å². The molecular formula is C10H18OS. The molecule has 0 fully saturated rings. The van der Waals surface area contributed by atoms with Crippen molar-refractivity contribution in [2.24, 2.45) is 0 Å². The highest BCUT2D eigenvalue weighted by Crippen LogP contribution is 2.05. The van der Waals surface area contributed by atoms with E-state index in [4.69, 9.17) is 6.42 Å². The number of rotatable bonds is 7. The summed E-state index contributed by atoms with van der Waals surface area (Å²) in [7, 11) is -1.01. The van der Waals surface area contributed by atoms with Crippen molar-refractivity contribution in [2.45, 2.75) is 45.4 Å².